The lowest BCUT2D eigenvalue weighted by Gasteiger charge is -2.29. The SMILES string of the molecule is CC(=O)C1=NN2CC(=O)N3[C@H](C(=O)Cc4nc(Br)ccc4C)C[C@@]4(CCC(=O)CCCCCCCCC5=NC2C1S5)C[C@@H]34. The Hall–Kier alpha value is -2.40. The van der Waals surface area contributed by atoms with Crippen LogP contribution in [0.25, 0.3) is 0 Å². The molecule has 2 unspecified atom stereocenters. The van der Waals surface area contributed by atoms with Gasteiger partial charge in [0.2, 0.25) is 5.91 Å². The molecule has 5 heterocycles. The molecule has 0 radical (unpaired) electrons. The summed E-state index contributed by atoms with van der Waals surface area (Å²) in [5.74, 6) is 0.00263. The number of amides is 1. The highest BCUT2D eigenvalue weighted by Gasteiger charge is 2.66. The second kappa shape index (κ2) is 12.5. The Balaban J connectivity index is 1.26. The number of carbonyl (C=O) groups is 4. The van der Waals surface area contributed by atoms with Crippen LogP contribution in [0.15, 0.2) is 26.8 Å². The van der Waals surface area contributed by atoms with Crippen molar-refractivity contribution in [3.8, 4) is 0 Å². The van der Waals surface area contributed by atoms with Gasteiger partial charge in [-0.1, -0.05) is 43.5 Å². The van der Waals surface area contributed by atoms with Crippen LogP contribution in [0, 0.1) is 12.3 Å². The van der Waals surface area contributed by atoms with Crippen LogP contribution < -0.4 is 0 Å². The third kappa shape index (κ3) is 6.39. The number of hydrazone groups is 1. The van der Waals surface area contributed by atoms with Crippen LogP contribution in [0.1, 0.15) is 95.2 Å². The van der Waals surface area contributed by atoms with Gasteiger partial charge in [0.15, 0.2) is 17.7 Å². The molecule has 0 aromatic carbocycles. The van der Waals surface area contributed by atoms with Crippen molar-refractivity contribution >= 4 is 61.7 Å². The largest absolute Gasteiger partial charge is 0.327 e. The summed E-state index contributed by atoms with van der Waals surface area (Å²) in [6, 6.07) is 3.17. The Morgan fingerprint density at radius 3 is 2.56 bits per heavy atom. The first-order chi connectivity index (χ1) is 20.6. The van der Waals surface area contributed by atoms with Gasteiger partial charge >= 0.3 is 0 Å². The topological polar surface area (TPSA) is 112 Å². The first kappa shape index (κ1) is 30.6. The lowest BCUT2D eigenvalue weighted by molar-refractivity contribution is -0.140. The molecule has 1 aromatic rings. The normalized spacial score (nSPS) is 31.4. The summed E-state index contributed by atoms with van der Waals surface area (Å²) < 4.78 is 0.672. The standard InChI is InChI=1S/C32H40BrN5O4S/c1-19-11-12-26(33)34-22(19)15-24(41)23-16-32-14-13-21(40)9-7-5-3-4-6-8-10-27-35-31-30(43-27)29(20(2)39)36-37(31)18-28(42)38(23)25(32)17-32/h11-12,23,25,30-31H,3-10,13-18H2,1-2H3/t23-,25+,30?,31?,32-/m0/s1. The lowest BCUT2D eigenvalue weighted by atomic mass is 9.90. The van der Waals surface area contributed by atoms with E-state index in [-0.39, 0.29) is 59.1 Å². The maximum Gasteiger partial charge on any atom is 0.244 e. The molecule has 1 amide bonds. The Labute approximate surface area is 265 Å². The molecule has 2 fully saturated rings. The first-order valence-corrected chi connectivity index (χ1v) is 17.4. The van der Waals surface area contributed by atoms with Crippen LogP contribution in [0.2, 0.25) is 0 Å². The van der Waals surface area contributed by atoms with Crippen LogP contribution in [0.3, 0.4) is 0 Å². The molecule has 9 nitrogen and oxygen atoms in total. The van der Waals surface area contributed by atoms with Gasteiger partial charge < -0.3 is 4.90 Å². The van der Waals surface area contributed by atoms with Gasteiger partial charge in [-0.15, -0.1) is 0 Å². The average Bonchev–Trinajstić information content (AvgIpc) is 3.21. The number of rotatable bonds is 4. The number of carbonyl (C=O) groups excluding carboxylic acids is 4. The summed E-state index contributed by atoms with van der Waals surface area (Å²) in [5.41, 5.74) is 1.91. The van der Waals surface area contributed by atoms with Gasteiger partial charge in [0.1, 0.15) is 27.9 Å². The van der Waals surface area contributed by atoms with E-state index < -0.39 is 6.04 Å². The van der Waals surface area contributed by atoms with Crippen molar-refractivity contribution in [2.24, 2.45) is 15.5 Å². The molecule has 4 aliphatic heterocycles. The molecule has 43 heavy (non-hydrogen) atoms. The van der Waals surface area contributed by atoms with Crippen molar-refractivity contribution in [1.82, 2.24) is 14.9 Å². The zero-order valence-corrected chi connectivity index (χ0v) is 27.4. The minimum Gasteiger partial charge on any atom is -0.327 e. The molecule has 0 spiro atoms. The average molecular weight is 671 g/mol. The van der Waals surface area contributed by atoms with E-state index in [0.717, 1.165) is 62.0 Å². The fourth-order valence-electron chi connectivity index (χ4n) is 7.32. The molecule has 1 saturated heterocycles. The Morgan fingerprint density at radius 2 is 1.79 bits per heavy atom. The fourth-order valence-corrected chi connectivity index (χ4v) is 9.04. The number of thioether (sulfide) groups is 1. The number of piperidine rings is 1. The minimum atomic E-state index is -0.567. The van der Waals surface area contributed by atoms with E-state index in [1.54, 1.807) is 21.7 Å². The molecule has 6 rings (SSSR count). The summed E-state index contributed by atoms with van der Waals surface area (Å²) in [7, 11) is 0. The van der Waals surface area contributed by atoms with E-state index in [2.05, 4.69) is 26.0 Å². The van der Waals surface area contributed by atoms with Gasteiger partial charge in [0, 0.05) is 25.8 Å². The Bertz CT molecular complexity index is 1400. The zero-order chi connectivity index (χ0) is 30.3. The number of halogens is 1. The van der Waals surface area contributed by atoms with Gasteiger partial charge in [0.05, 0.1) is 23.2 Å². The minimum absolute atomic E-state index is 0.0257. The number of ketones is 3. The van der Waals surface area contributed by atoms with Crippen molar-refractivity contribution in [3.63, 3.8) is 0 Å². The monoisotopic (exact) mass is 669 g/mol. The summed E-state index contributed by atoms with van der Waals surface area (Å²) in [5, 5.41) is 7.11. The van der Waals surface area contributed by atoms with E-state index in [4.69, 9.17) is 4.99 Å². The van der Waals surface area contributed by atoms with Crippen molar-refractivity contribution < 1.29 is 19.2 Å². The molecule has 1 aromatic heterocycles. The molecule has 1 aliphatic carbocycles. The molecule has 11 heteroatoms. The maximum absolute atomic E-state index is 14.1. The number of hydrogen-bond acceptors (Lipinski definition) is 9. The van der Waals surface area contributed by atoms with Crippen molar-refractivity contribution in [3.05, 3.63) is 28.0 Å². The van der Waals surface area contributed by atoms with E-state index in [0.29, 0.717) is 41.7 Å². The van der Waals surface area contributed by atoms with Gasteiger partial charge in [0.25, 0.3) is 0 Å². The van der Waals surface area contributed by atoms with E-state index in [1.165, 1.54) is 6.92 Å². The highest BCUT2D eigenvalue weighted by molar-refractivity contribution is 9.10. The quantitative estimate of drug-likeness (QED) is 0.405. The molecule has 1 saturated carbocycles. The van der Waals surface area contributed by atoms with Crippen molar-refractivity contribution in [2.75, 3.05) is 6.54 Å². The van der Waals surface area contributed by atoms with Gasteiger partial charge in [-0.3, -0.25) is 29.2 Å². The number of Topliss-reactive ketones (excluding diaryl/α,β-unsaturated/α-hetero) is 3. The van der Waals surface area contributed by atoms with E-state index in [1.807, 2.05) is 19.1 Å². The zero-order valence-electron chi connectivity index (χ0n) is 25.0. The fraction of sp³-hybridized carbons (Fsp3) is 0.656. The van der Waals surface area contributed by atoms with Crippen LogP contribution in [0.5, 0.6) is 0 Å². The predicted molar refractivity (Wildman–Crippen MR) is 170 cm³/mol. The molecule has 0 N–H and O–H groups in total. The van der Waals surface area contributed by atoms with Crippen LogP contribution in [-0.2, 0) is 25.6 Å². The molecule has 5 atom stereocenters. The summed E-state index contributed by atoms with van der Waals surface area (Å²) >= 11 is 5.03. The third-order valence-electron chi connectivity index (χ3n) is 9.86. The number of pyridine rings is 1. The van der Waals surface area contributed by atoms with Crippen LogP contribution in [-0.4, -0.2) is 78.9 Å². The summed E-state index contributed by atoms with van der Waals surface area (Å²) in [6.45, 7) is 3.43. The van der Waals surface area contributed by atoms with E-state index >= 15 is 0 Å². The summed E-state index contributed by atoms with van der Waals surface area (Å²) in [6.07, 6.45) is 10.3. The Morgan fingerprint density at radius 1 is 1.05 bits per heavy atom. The smallest absolute Gasteiger partial charge is 0.244 e. The highest BCUT2D eigenvalue weighted by Crippen LogP contribution is 2.62. The van der Waals surface area contributed by atoms with Crippen molar-refractivity contribution in [2.45, 2.75) is 121 Å². The number of aromatic nitrogens is 1. The predicted octanol–water partition coefficient (Wildman–Crippen LogP) is 5.21. The van der Waals surface area contributed by atoms with Crippen LogP contribution in [0.4, 0.5) is 0 Å². The molecule has 4 bridgehead atoms. The number of aryl methyl sites for hydroxylation is 1. The second-order valence-electron chi connectivity index (χ2n) is 12.9. The molecular formula is C32H40BrN5O4S. The molecule has 230 valence electrons. The first-order valence-electron chi connectivity index (χ1n) is 15.7. The second-order valence-corrected chi connectivity index (χ2v) is 14.9. The highest BCUT2D eigenvalue weighted by atomic mass is 79.9. The van der Waals surface area contributed by atoms with Gasteiger partial charge in [-0.05, 0) is 78.4 Å². The van der Waals surface area contributed by atoms with Gasteiger partial charge in [-0.2, -0.15) is 5.10 Å². The third-order valence-corrected chi connectivity index (χ3v) is 11.6. The Kier molecular flexibility index (Phi) is 8.93. The summed E-state index contributed by atoms with van der Waals surface area (Å²) in [4.78, 5) is 64.6. The number of nitrogens with zero attached hydrogens (tertiary/aromatic N) is 5. The van der Waals surface area contributed by atoms with E-state index in [9.17, 15) is 19.2 Å². The number of hydrogen-bond donors (Lipinski definition) is 0. The van der Waals surface area contributed by atoms with Crippen LogP contribution >= 0.6 is 27.7 Å². The molecule has 5 aliphatic rings. The molecular weight excluding hydrogens is 630 g/mol. The van der Waals surface area contributed by atoms with Crippen molar-refractivity contribution in [1.29, 1.82) is 0 Å². The maximum atomic E-state index is 14.1. The lowest BCUT2D eigenvalue weighted by Crippen LogP contribution is -2.48. The van der Waals surface area contributed by atoms with Gasteiger partial charge in [-0.25, -0.2) is 4.98 Å². The number of aliphatic imine (C=N–C) groups is 1.